The Hall–Kier alpha value is -3.88. The van der Waals surface area contributed by atoms with E-state index in [4.69, 9.17) is 0 Å². The van der Waals surface area contributed by atoms with Crippen LogP contribution < -0.4 is 5.32 Å². The Labute approximate surface area is 161 Å². The van der Waals surface area contributed by atoms with E-state index < -0.39 is 0 Å². The molecule has 0 radical (unpaired) electrons. The van der Waals surface area contributed by atoms with Gasteiger partial charge in [0.1, 0.15) is 12.7 Å². The highest BCUT2D eigenvalue weighted by atomic mass is 16.1. The summed E-state index contributed by atoms with van der Waals surface area (Å²) in [4.78, 5) is 12.7. The van der Waals surface area contributed by atoms with Gasteiger partial charge in [-0.15, -0.1) is 15.3 Å². The lowest BCUT2D eigenvalue weighted by Crippen LogP contribution is -2.13. The van der Waals surface area contributed by atoms with E-state index in [2.05, 4.69) is 31.0 Å². The quantitative estimate of drug-likeness (QED) is 0.574. The largest absolute Gasteiger partial charge is 0.322 e. The Kier molecular flexibility index (Phi) is 4.63. The number of carbonyl (C=O) groups excluding carboxylic acids is 1. The van der Waals surface area contributed by atoms with E-state index in [9.17, 15) is 4.79 Å². The highest BCUT2D eigenvalue weighted by Gasteiger charge is 2.13. The second kappa shape index (κ2) is 7.39. The molecule has 4 rings (SSSR count). The van der Waals surface area contributed by atoms with Crippen LogP contribution in [-0.4, -0.2) is 40.9 Å². The fraction of sp³-hybridized carbons (Fsp3) is 0.158. The van der Waals surface area contributed by atoms with Crippen molar-refractivity contribution < 1.29 is 4.79 Å². The molecule has 0 atom stereocenters. The van der Waals surface area contributed by atoms with Gasteiger partial charge in [0.05, 0.1) is 6.54 Å². The molecule has 0 aliphatic heterocycles. The van der Waals surface area contributed by atoms with Gasteiger partial charge in [0.2, 0.25) is 0 Å². The molecular formula is C19H18N8O. The first-order valence-electron chi connectivity index (χ1n) is 8.67. The summed E-state index contributed by atoms with van der Waals surface area (Å²) in [5, 5.41) is 22.1. The van der Waals surface area contributed by atoms with Gasteiger partial charge in [0.25, 0.3) is 5.91 Å². The molecular weight excluding hydrogens is 356 g/mol. The van der Waals surface area contributed by atoms with Crippen LogP contribution in [0.1, 0.15) is 21.5 Å². The molecule has 0 unspecified atom stereocenters. The minimum atomic E-state index is -0.174. The van der Waals surface area contributed by atoms with Crippen molar-refractivity contribution in [2.45, 2.75) is 13.5 Å². The summed E-state index contributed by atoms with van der Waals surface area (Å²) in [6.07, 6.45) is 3.20. The molecule has 28 heavy (non-hydrogen) atoms. The standard InChI is InChI=1S/C19H18N8O/c1-13-16(18-23-20-11-26(18)2)4-3-5-17(13)22-19(28)15-8-6-14(7-9-15)10-27-12-21-24-25-27/h3-9,11-12H,10H2,1-2H3,(H,22,28). The van der Waals surface area contributed by atoms with Gasteiger partial charge in [-0.3, -0.25) is 4.79 Å². The number of nitrogens with zero attached hydrogens (tertiary/aromatic N) is 7. The fourth-order valence-electron chi connectivity index (χ4n) is 2.94. The van der Waals surface area contributed by atoms with Gasteiger partial charge in [-0.1, -0.05) is 24.3 Å². The average molecular weight is 374 g/mol. The number of nitrogens with one attached hydrogen (secondary N) is 1. The molecule has 0 aliphatic rings. The number of amides is 1. The molecule has 2 heterocycles. The molecule has 2 aromatic carbocycles. The zero-order valence-electron chi connectivity index (χ0n) is 15.4. The summed E-state index contributed by atoms with van der Waals surface area (Å²) in [5.41, 5.74) is 4.17. The highest BCUT2D eigenvalue weighted by molar-refractivity contribution is 6.05. The average Bonchev–Trinajstić information content (AvgIpc) is 3.36. The topological polar surface area (TPSA) is 103 Å². The Bertz CT molecular complexity index is 1100. The van der Waals surface area contributed by atoms with Crippen molar-refractivity contribution in [3.8, 4) is 11.4 Å². The maximum absolute atomic E-state index is 12.7. The van der Waals surface area contributed by atoms with E-state index in [1.54, 1.807) is 29.5 Å². The minimum absolute atomic E-state index is 0.174. The molecule has 140 valence electrons. The number of aryl methyl sites for hydroxylation is 1. The van der Waals surface area contributed by atoms with E-state index in [0.717, 1.165) is 28.2 Å². The SMILES string of the molecule is Cc1c(NC(=O)c2ccc(Cn3cnnn3)cc2)cccc1-c1nncn1C. The smallest absolute Gasteiger partial charge is 0.255 e. The van der Waals surface area contributed by atoms with Crippen molar-refractivity contribution >= 4 is 11.6 Å². The minimum Gasteiger partial charge on any atom is -0.322 e. The van der Waals surface area contributed by atoms with Crippen molar-refractivity contribution in [1.29, 1.82) is 0 Å². The number of tetrazole rings is 1. The van der Waals surface area contributed by atoms with Crippen LogP contribution in [0.25, 0.3) is 11.4 Å². The first-order valence-corrected chi connectivity index (χ1v) is 8.67. The third kappa shape index (κ3) is 3.50. The number of carbonyl (C=O) groups is 1. The molecule has 0 aliphatic carbocycles. The summed E-state index contributed by atoms with van der Waals surface area (Å²) in [6.45, 7) is 2.50. The first-order chi connectivity index (χ1) is 13.6. The molecule has 9 heteroatoms. The van der Waals surface area contributed by atoms with Crippen LogP contribution in [0.4, 0.5) is 5.69 Å². The number of rotatable bonds is 5. The second-order valence-corrected chi connectivity index (χ2v) is 6.40. The molecule has 9 nitrogen and oxygen atoms in total. The molecule has 2 aromatic heterocycles. The third-order valence-corrected chi connectivity index (χ3v) is 4.49. The number of hydrogen-bond donors (Lipinski definition) is 1. The van der Waals surface area contributed by atoms with E-state index in [-0.39, 0.29) is 5.91 Å². The van der Waals surface area contributed by atoms with Gasteiger partial charge >= 0.3 is 0 Å². The van der Waals surface area contributed by atoms with Crippen LogP contribution in [0.3, 0.4) is 0 Å². The van der Waals surface area contributed by atoms with Crippen molar-refractivity contribution in [3.05, 3.63) is 71.8 Å². The van der Waals surface area contributed by atoms with Gasteiger partial charge in [-0.25, -0.2) is 4.68 Å². The van der Waals surface area contributed by atoms with Crippen molar-refractivity contribution in [3.63, 3.8) is 0 Å². The molecule has 0 saturated heterocycles. The van der Waals surface area contributed by atoms with Crippen LogP contribution in [0.15, 0.2) is 55.1 Å². The molecule has 1 N–H and O–H groups in total. The maximum atomic E-state index is 12.7. The van der Waals surface area contributed by atoms with Crippen LogP contribution in [0.2, 0.25) is 0 Å². The molecule has 0 bridgehead atoms. The van der Waals surface area contributed by atoms with Gasteiger partial charge in [0, 0.05) is 23.9 Å². The fourth-order valence-corrected chi connectivity index (χ4v) is 2.94. The lowest BCUT2D eigenvalue weighted by atomic mass is 10.1. The van der Waals surface area contributed by atoms with Gasteiger partial charge in [-0.05, 0) is 46.7 Å². The van der Waals surface area contributed by atoms with Crippen LogP contribution >= 0.6 is 0 Å². The van der Waals surface area contributed by atoms with Crippen molar-refractivity contribution in [2.24, 2.45) is 7.05 Å². The molecule has 0 fully saturated rings. The van der Waals surface area contributed by atoms with Crippen molar-refractivity contribution in [2.75, 3.05) is 5.32 Å². The predicted molar refractivity (Wildman–Crippen MR) is 102 cm³/mol. The molecule has 4 aromatic rings. The third-order valence-electron chi connectivity index (χ3n) is 4.49. The van der Waals surface area contributed by atoms with Crippen molar-refractivity contribution in [1.82, 2.24) is 35.0 Å². The lowest BCUT2D eigenvalue weighted by molar-refractivity contribution is 0.102. The van der Waals surface area contributed by atoms with Gasteiger partial charge in [0.15, 0.2) is 5.82 Å². The number of hydrogen-bond acceptors (Lipinski definition) is 6. The first kappa shape index (κ1) is 17.5. The Morgan fingerprint density at radius 2 is 1.89 bits per heavy atom. The summed E-state index contributed by atoms with van der Waals surface area (Å²) in [6, 6.07) is 13.1. The molecule has 0 spiro atoms. The number of anilines is 1. The summed E-state index contributed by atoms with van der Waals surface area (Å²) >= 11 is 0. The lowest BCUT2D eigenvalue weighted by Gasteiger charge is -2.12. The second-order valence-electron chi connectivity index (χ2n) is 6.40. The van der Waals surface area contributed by atoms with Gasteiger partial charge in [-0.2, -0.15) is 0 Å². The predicted octanol–water partition coefficient (Wildman–Crippen LogP) is 2.08. The molecule has 1 amide bonds. The van der Waals surface area contributed by atoms with E-state index in [1.807, 2.05) is 48.9 Å². The Balaban J connectivity index is 1.51. The summed E-state index contributed by atoms with van der Waals surface area (Å²) < 4.78 is 3.47. The monoisotopic (exact) mass is 374 g/mol. The van der Waals surface area contributed by atoms with Crippen LogP contribution in [-0.2, 0) is 13.6 Å². The van der Waals surface area contributed by atoms with E-state index >= 15 is 0 Å². The highest BCUT2D eigenvalue weighted by Crippen LogP contribution is 2.27. The van der Waals surface area contributed by atoms with Crippen LogP contribution in [0, 0.1) is 6.92 Å². The Morgan fingerprint density at radius 3 is 2.57 bits per heavy atom. The summed E-state index contributed by atoms with van der Waals surface area (Å²) in [7, 11) is 1.89. The number of aromatic nitrogens is 7. The van der Waals surface area contributed by atoms with E-state index in [0.29, 0.717) is 12.1 Å². The van der Waals surface area contributed by atoms with Crippen LogP contribution in [0.5, 0.6) is 0 Å². The number of benzene rings is 2. The normalized spacial score (nSPS) is 10.8. The van der Waals surface area contributed by atoms with Gasteiger partial charge < -0.3 is 9.88 Å². The maximum Gasteiger partial charge on any atom is 0.255 e. The zero-order chi connectivity index (χ0) is 19.5. The Morgan fingerprint density at radius 1 is 1.07 bits per heavy atom. The van der Waals surface area contributed by atoms with E-state index in [1.165, 1.54) is 0 Å². The zero-order valence-corrected chi connectivity index (χ0v) is 15.4. The summed E-state index contributed by atoms with van der Waals surface area (Å²) in [5.74, 6) is 0.577. The molecule has 0 saturated carbocycles.